The van der Waals surface area contributed by atoms with Gasteiger partial charge in [-0.2, -0.15) is 5.26 Å². The molecular formula is C15H29N3. The van der Waals surface area contributed by atoms with Gasteiger partial charge in [-0.1, -0.05) is 19.8 Å². The molecule has 18 heavy (non-hydrogen) atoms. The van der Waals surface area contributed by atoms with Gasteiger partial charge < -0.3 is 4.90 Å². The van der Waals surface area contributed by atoms with E-state index in [0.717, 1.165) is 12.5 Å². The van der Waals surface area contributed by atoms with E-state index in [0.29, 0.717) is 12.1 Å². The third kappa shape index (κ3) is 4.26. The molecule has 0 bridgehead atoms. The monoisotopic (exact) mass is 251 g/mol. The molecule has 1 N–H and O–H groups in total. The SMILES string of the molecule is CC(C)NC(C)(C#N)CN(C)C1CCCCC1C. The molecule has 0 aliphatic heterocycles. The van der Waals surface area contributed by atoms with Crippen LogP contribution in [0.1, 0.15) is 53.4 Å². The van der Waals surface area contributed by atoms with Crippen LogP contribution in [0.3, 0.4) is 0 Å². The Morgan fingerprint density at radius 2 is 2.00 bits per heavy atom. The Labute approximate surface area is 113 Å². The number of hydrogen-bond donors (Lipinski definition) is 1. The summed E-state index contributed by atoms with van der Waals surface area (Å²) in [7, 11) is 2.17. The van der Waals surface area contributed by atoms with Crippen LogP contribution in [-0.4, -0.2) is 36.1 Å². The Morgan fingerprint density at radius 3 is 2.50 bits per heavy atom. The van der Waals surface area contributed by atoms with Crippen LogP contribution in [-0.2, 0) is 0 Å². The van der Waals surface area contributed by atoms with Crippen LogP contribution >= 0.6 is 0 Å². The molecule has 3 atom stereocenters. The molecule has 3 unspecified atom stereocenters. The second kappa shape index (κ2) is 6.54. The van der Waals surface area contributed by atoms with Crippen LogP contribution in [0.25, 0.3) is 0 Å². The number of hydrogen-bond acceptors (Lipinski definition) is 3. The van der Waals surface area contributed by atoms with Crippen molar-refractivity contribution in [3.05, 3.63) is 0 Å². The van der Waals surface area contributed by atoms with Crippen molar-refractivity contribution in [2.45, 2.75) is 71.0 Å². The first kappa shape index (κ1) is 15.5. The minimum absolute atomic E-state index is 0.340. The van der Waals surface area contributed by atoms with E-state index in [1.165, 1.54) is 25.7 Å². The predicted molar refractivity (Wildman–Crippen MR) is 76.3 cm³/mol. The van der Waals surface area contributed by atoms with Gasteiger partial charge in [0.25, 0.3) is 0 Å². The summed E-state index contributed by atoms with van der Waals surface area (Å²) in [5, 5.41) is 12.8. The summed E-state index contributed by atoms with van der Waals surface area (Å²) in [6, 6.07) is 3.42. The molecule has 1 rings (SSSR count). The molecule has 3 nitrogen and oxygen atoms in total. The Kier molecular flexibility index (Phi) is 5.62. The Bertz CT molecular complexity index is 295. The lowest BCUT2D eigenvalue weighted by Gasteiger charge is -2.40. The van der Waals surface area contributed by atoms with Gasteiger partial charge in [0.15, 0.2) is 0 Å². The van der Waals surface area contributed by atoms with Crippen molar-refractivity contribution in [2.24, 2.45) is 5.92 Å². The molecule has 0 spiro atoms. The maximum absolute atomic E-state index is 9.41. The van der Waals surface area contributed by atoms with Crippen molar-refractivity contribution in [2.75, 3.05) is 13.6 Å². The predicted octanol–water partition coefficient (Wildman–Crippen LogP) is 2.78. The molecule has 0 saturated heterocycles. The Balaban J connectivity index is 2.61. The zero-order valence-electron chi connectivity index (χ0n) is 12.7. The first-order valence-electron chi connectivity index (χ1n) is 7.27. The first-order chi connectivity index (χ1) is 8.38. The van der Waals surface area contributed by atoms with Crippen molar-refractivity contribution in [3.8, 4) is 6.07 Å². The molecule has 104 valence electrons. The fourth-order valence-electron chi connectivity index (χ4n) is 3.32. The zero-order chi connectivity index (χ0) is 13.8. The summed E-state index contributed by atoms with van der Waals surface area (Å²) < 4.78 is 0. The molecular weight excluding hydrogens is 222 g/mol. The molecule has 0 radical (unpaired) electrons. The van der Waals surface area contributed by atoms with Crippen LogP contribution < -0.4 is 5.32 Å². The van der Waals surface area contributed by atoms with Gasteiger partial charge in [-0.15, -0.1) is 0 Å². The summed E-state index contributed by atoms with van der Waals surface area (Å²) in [6.45, 7) is 9.35. The number of nitriles is 1. The summed E-state index contributed by atoms with van der Waals surface area (Å²) in [5.41, 5.74) is -0.444. The van der Waals surface area contributed by atoms with Crippen molar-refractivity contribution < 1.29 is 0 Å². The fraction of sp³-hybridized carbons (Fsp3) is 0.933. The molecule has 0 aromatic carbocycles. The highest BCUT2D eigenvalue weighted by Crippen LogP contribution is 2.28. The second-order valence-corrected chi connectivity index (χ2v) is 6.49. The van der Waals surface area contributed by atoms with Crippen molar-refractivity contribution in [1.82, 2.24) is 10.2 Å². The van der Waals surface area contributed by atoms with E-state index in [4.69, 9.17) is 0 Å². The average Bonchev–Trinajstić information content (AvgIpc) is 2.28. The van der Waals surface area contributed by atoms with Crippen LogP contribution in [0.15, 0.2) is 0 Å². The topological polar surface area (TPSA) is 39.1 Å². The zero-order valence-corrected chi connectivity index (χ0v) is 12.7. The van der Waals surface area contributed by atoms with Crippen LogP contribution in [0, 0.1) is 17.2 Å². The largest absolute Gasteiger partial charge is 0.300 e. The van der Waals surface area contributed by atoms with Crippen LogP contribution in [0.2, 0.25) is 0 Å². The average molecular weight is 251 g/mol. The van der Waals surface area contributed by atoms with E-state index in [2.05, 4.69) is 44.1 Å². The van der Waals surface area contributed by atoms with Gasteiger partial charge in [0.2, 0.25) is 0 Å². The lowest BCUT2D eigenvalue weighted by atomic mass is 9.84. The molecule has 1 aliphatic carbocycles. The second-order valence-electron chi connectivity index (χ2n) is 6.49. The molecule has 1 fully saturated rings. The smallest absolute Gasteiger partial charge is 0.116 e. The van der Waals surface area contributed by atoms with Crippen LogP contribution in [0.4, 0.5) is 0 Å². The van der Waals surface area contributed by atoms with E-state index >= 15 is 0 Å². The summed E-state index contributed by atoms with van der Waals surface area (Å²) >= 11 is 0. The maximum Gasteiger partial charge on any atom is 0.116 e. The van der Waals surface area contributed by atoms with Gasteiger partial charge >= 0.3 is 0 Å². The minimum Gasteiger partial charge on any atom is -0.300 e. The Hall–Kier alpha value is -0.590. The molecule has 1 saturated carbocycles. The summed E-state index contributed by atoms with van der Waals surface area (Å²) in [6.07, 6.45) is 5.31. The van der Waals surface area contributed by atoms with E-state index in [-0.39, 0.29) is 0 Å². The molecule has 3 heteroatoms. The molecule has 0 aromatic heterocycles. The third-order valence-corrected chi connectivity index (χ3v) is 4.05. The standard InChI is InChI=1S/C15H29N3/c1-12(2)17-15(4,10-16)11-18(5)14-9-7-6-8-13(14)3/h12-14,17H,6-9,11H2,1-5H3. The van der Waals surface area contributed by atoms with Gasteiger partial charge in [0.1, 0.15) is 5.54 Å². The first-order valence-corrected chi connectivity index (χ1v) is 7.27. The van der Waals surface area contributed by atoms with E-state index in [1.807, 2.05) is 6.92 Å². The number of likely N-dealkylation sites (N-methyl/N-ethyl adjacent to an activating group) is 1. The van der Waals surface area contributed by atoms with E-state index in [9.17, 15) is 5.26 Å². The van der Waals surface area contributed by atoms with Gasteiger partial charge in [0, 0.05) is 18.6 Å². The van der Waals surface area contributed by atoms with Crippen molar-refractivity contribution >= 4 is 0 Å². The number of nitrogens with zero attached hydrogens (tertiary/aromatic N) is 2. The van der Waals surface area contributed by atoms with Gasteiger partial charge in [-0.05, 0) is 46.6 Å². The normalized spacial score (nSPS) is 28.1. The number of nitrogens with one attached hydrogen (secondary N) is 1. The third-order valence-electron chi connectivity index (χ3n) is 4.05. The highest BCUT2D eigenvalue weighted by molar-refractivity contribution is 5.07. The summed E-state index contributed by atoms with van der Waals surface area (Å²) in [5.74, 6) is 0.755. The molecule has 0 heterocycles. The van der Waals surface area contributed by atoms with E-state index < -0.39 is 5.54 Å². The van der Waals surface area contributed by atoms with Gasteiger partial charge in [-0.3, -0.25) is 5.32 Å². The van der Waals surface area contributed by atoms with Gasteiger partial charge in [-0.25, -0.2) is 0 Å². The molecule has 0 amide bonds. The van der Waals surface area contributed by atoms with Crippen molar-refractivity contribution in [1.29, 1.82) is 5.26 Å². The number of rotatable bonds is 5. The molecule has 0 aromatic rings. The van der Waals surface area contributed by atoms with Crippen LogP contribution in [0.5, 0.6) is 0 Å². The van der Waals surface area contributed by atoms with Gasteiger partial charge in [0.05, 0.1) is 6.07 Å². The highest BCUT2D eigenvalue weighted by atomic mass is 15.2. The minimum atomic E-state index is -0.444. The lowest BCUT2D eigenvalue weighted by Crippen LogP contribution is -2.55. The lowest BCUT2D eigenvalue weighted by molar-refractivity contribution is 0.116. The van der Waals surface area contributed by atoms with E-state index in [1.54, 1.807) is 0 Å². The Morgan fingerprint density at radius 1 is 1.39 bits per heavy atom. The fourth-order valence-corrected chi connectivity index (χ4v) is 3.32. The highest BCUT2D eigenvalue weighted by Gasteiger charge is 2.31. The quantitative estimate of drug-likeness (QED) is 0.816. The van der Waals surface area contributed by atoms with Crippen molar-refractivity contribution in [3.63, 3.8) is 0 Å². The maximum atomic E-state index is 9.41. The summed E-state index contributed by atoms with van der Waals surface area (Å²) in [4.78, 5) is 2.39. The molecule has 1 aliphatic rings.